The molecule has 0 heterocycles. The first kappa shape index (κ1) is 15.3. The minimum atomic E-state index is -0.535. The van der Waals surface area contributed by atoms with Gasteiger partial charge in [0.1, 0.15) is 23.7 Å². The normalized spacial score (nSPS) is 10.2. The molecule has 2 aromatic carbocycles. The molecule has 0 aliphatic carbocycles. The number of methoxy groups -OCH3 is 1. The molecule has 0 saturated heterocycles. The van der Waals surface area contributed by atoms with E-state index in [1.54, 1.807) is 24.3 Å². The average molecular weight is 354 g/mol. The van der Waals surface area contributed by atoms with Crippen LogP contribution < -0.4 is 10.5 Å². The van der Waals surface area contributed by atoms with E-state index in [9.17, 15) is 9.18 Å². The van der Waals surface area contributed by atoms with Crippen molar-refractivity contribution in [1.82, 2.24) is 0 Å². The molecule has 0 unspecified atom stereocenters. The summed E-state index contributed by atoms with van der Waals surface area (Å²) in [5.74, 6) is -0.558. The summed E-state index contributed by atoms with van der Waals surface area (Å²) >= 11 is 3.08. The maximum atomic E-state index is 13.1. The van der Waals surface area contributed by atoms with E-state index in [2.05, 4.69) is 15.9 Å². The van der Waals surface area contributed by atoms with Crippen LogP contribution in [0.5, 0.6) is 5.75 Å². The molecular weight excluding hydrogens is 341 g/mol. The minimum absolute atomic E-state index is 0.0330. The summed E-state index contributed by atoms with van der Waals surface area (Å²) in [6.07, 6.45) is 0. The number of carbonyl (C=O) groups excluding carboxylic acids is 1. The standard InChI is InChI=1S/C15H13BrFNO3/c1-20-14-7-10(18)3-4-11(14)15(19)21-8-9-2-5-13(17)12(16)6-9/h2-7H,8,18H2,1H3. The molecule has 0 aliphatic heterocycles. The van der Waals surface area contributed by atoms with Gasteiger partial charge in [0.25, 0.3) is 0 Å². The lowest BCUT2D eigenvalue weighted by atomic mass is 10.2. The Kier molecular flexibility index (Phi) is 4.80. The highest BCUT2D eigenvalue weighted by atomic mass is 79.9. The molecule has 2 N–H and O–H groups in total. The van der Waals surface area contributed by atoms with Crippen molar-refractivity contribution in [3.8, 4) is 5.75 Å². The van der Waals surface area contributed by atoms with E-state index in [0.29, 0.717) is 21.5 Å². The van der Waals surface area contributed by atoms with Gasteiger partial charge in [0.15, 0.2) is 0 Å². The molecule has 21 heavy (non-hydrogen) atoms. The molecule has 6 heteroatoms. The van der Waals surface area contributed by atoms with Crippen LogP contribution >= 0.6 is 15.9 Å². The van der Waals surface area contributed by atoms with Gasteiger partial charge in [-0.2, -0.15) is 0 Å². The molecular formula is C15H13BrFNO3. The highest BCUT2D eigenvalue weighted by molar-refractivity contribution is 9.10. The molecule has 0 spiro atoms. The molecule has 0 atom stereocenters. The molecule has 2 rings (SSSR count). The van der Waals surface area contributed by atoms with Crippen molar-refractivity contribution in [3.63, 3.8) is 0 Å². The minimum Gasteiger partial charge on any atom is -0.496 e. The highest BCUT2D eigenvalue weighted by Crippen LogP contribution is 2.23. The van der Waals surface area contributed by atoms with Crippen LogP contribution in [0.25, 0.3) is 0 Å². The van der Waals surface area contributed by atoms with Crippen LogP contribution in [0.3, 0.4) is 0 Å². The fourth-order valence-corrected chi connectivity index (χ4v) is 2.16. The van der Waals surface area contributed by atoms with E-state index in [1.165, 1.54) is 19.2 Å². The van der Waals surface area contributed by atoms with E-state index < -0.39 is 5.97 Å². The molecule has 110 valence electrons. The largest absolute Gasteiger partial charge is 0.496 e. The van der Waals surface area contributed by atoms with Gasteiger partial charge in [0.2, 0.25) is 0 Å². The summed E-state index contributed by atoms with van der Waals surface area (Å²) in [5, 5.41) is 0. The first-order valence-corrected chi connectivity index (χ1v) is 6.85. The molecule has 0 amide bonds. The van der Waals surface area contributed by atoms with Gasteiger partial charge in [-0.3, -0.25) is 0 Å². The number of nitrogens with two attached hydrogens (primary N) is 1. The Labute approximate surface area is 129 Å². The highest BCUT2D eigenvalue weighted by Gasteiger charge is 2.14. The van der Waals surface area contributed by atoms with Gasteiger partial charge < -0.3 is 15.2 Å². The number of rotatable bonds is 4. The van der Waals surface area contributed by atoms with Crippen LogP contribution in [0.15, 0.2) is 40.9 Å². The van der Waals surface area contributed by atoms with E-state index in [0.717, 1.165) is 0 Å². The predicted molar refractivity (Wildman–Crippen MR) is 80.6 cm³/mol. The Hall–Kier alpha value is -2.08. The van der Waals surface area contributed by atoms with Crippen LogP contribution in [-0.4, -0.2) is 13.1 Å². The van der Waals surface area contributed by atoms with Crippen LogP contribution in [-0.2, 0) is 11.3 Å². The van der Waals surface area contributed by atoms with Crippen molar-refractivity contribution < 1.29 is 18.7 Å². The first-order valence-electron chi connectivity index (χ1n) is 6.06. The third kappa shape index (κ3) is 3.72. The summed E-state index contributed by atoms with van der Waals surface area (Å²) in [4.78, 5) is 12.0. The summed E-state index contributed by atoms with van der Waals surface area (Å²) in [6, 6.07) is 9.09. The van der Waals surface area contributed by atoms with Crippen molar-refractivity contribution in [2.24, 2.45) is 0 Å². The number of benzene rings is 2. The smallest absolute Gasteiger partial charge is 0.342 e. The molecule has 2 aromatic rings. The van der Waals surface area contributed by atoms with Crippen molar-refractivity contribution in [3.05, 3.63) is 57.8 Å². The lowest BCUT2D eigenvalue weighted by Crippen LogP contribution is -2.07. The summed E-state index contributed by atoms with van der Waals surface area (Å²) in [6.45, 7) is 0.0330. The zero-order valence-electron chi connectivity index (χ0n) is 11.2. The van der Waals surface area contributed by atoms with Crippen LogP contribution in [0, 0.1) is 5.82 Å². The van der Waals surface area contributed by atoms with Gasteiger partial charge in [-0.05, 0) is 45.8 Å². The number of hydrogen-bond acceptors (Lipinski definition) is 4. The number of anilines is 1. The Morgan fingerprint density at radius 3 is 2.71 bits per heavy atom. The topological polar surface area (TPSA) is 61.5 Å². The molecule has 0 aliphatic rings. The Bertz CT molecular complexity index is 676. The van der Waals surface area contributed by atoms with Crippen molar-refractivity contribution >= 4 is 27.6 Å². The van der Waals surface area contributed by atoms with E-state index in [4.69, 9.17) is 15.2 Å². The second-order valence-electron chi connectivity index (χ2n) is 4.28. The molecule has 0 fully saturated rings. The van der Waals surface area contributed by atoms with Crippen molar-refractivity contribution in [1.29, 1.82) is 0 Å². The Morgan fingerprint density at radius 1 is 1.29 bits per heavy atom. The number of halogens is 2. The molecule has 4 nitrogen and oxygen atoms in total. The third-order valence-corrected chi connectivity index (χ3v) is 3.41. The van der Waals surface area contributed by atoms with Gasteiger partial charge in [0, 0.05) is 11.8 Å². The van der Waals surface area contributed by atoms with Gasteiger partial charge >= 0.3 is 5.97 Å². The monoisotopic (exact) mass is 353 g/mol. The molecule has 0 aromatic heterocycles. The summed E-state index contributed by atoms with van der Waals surface area (Å²) < 4.78 is 23.7. The molecule has 0 bridgehead atoms. The van der Waals surface area contributed by atoms with Gasteiger partial charge in [0.05, 0.1) is 11.6 Å². The molecule has 0 radical (unpaired) electrons. The van der Waals surface area contributed by atoms with Crippen molar-refractivity contribution in [2.75, 3.05) is 12.8 Å². The SMILES string of the molecule is COc1cc(N)ccc1C(=O)OCc1ccc(F)c(Br)c1. The van der Waals surface area contributed by atoms with Gasteiger partial charge in [-0.25, -0.2) is 9.18 Å². The Morgan fingerprint density at radius 2 is 2.05 bits per heavy atom. The van der Waals surface area contributed by atoms with Crippen LogP contribution in [0.2, 0.25) is 0 Å². The Balaban J connectivity index is 2.09. The molecule has 0 saturated carbocycles. The van der Waals surface area contributed by atoms with Crippen LogP contribution in [0.1, 0.15) is 15.9 Å². The van der Waals surface area contributed by atoms with E-state index >= 15 is 0 Å². The van der Waals surface area contributed by atoms with E-state index in [1.807, 2.05) is 0 Å². The van der Waals surface area contributed by atoms with Crippen molar-refractivity contribution in [2.45, 2.75) is 6.61 Å². The summed E-state index contributed by atoms with van der Waals surface area (Å²) in [5.41, 5.74) is 7.08. The number of esters is 1. The lowest BCUT2D eigenvalue weighted by molar-refractivity contribution is 0.0469. The third-order valence-electron chi connectivity index (χ3n) is 2.80. The van der Waals surface area contributed by atoms with E-state index in [-0.39, 0.29) is 18.0 Å². The summed E-state index contributed by atoms with van der Waals surface area (Å²) in [7, 11) is 1.45. The number of nitrogen functional groups attached to an aromatic ring is 1. The predicted octanol–water partition coefficient (Wildman–Crippen LogP) is 3.54. The second kappa shape index (κ2) is 6.58. The lowest BCUT2D eigenvalue weighted by Gasteiger charge is -2.10. The number of hydrogen-bond donors (Lipinski definition) is 1. The van der Waals surface area contributed by atoms with Gasteiger partial charge in [-0.1, -0.05) is 6.07 Å². The maximum absolute atomic E-state index is 13.1. The fourth-order valence-electron chi connectivity index (χ4n) is 1.73. The average Bonchev–Trinajstić information content (AvgIpc) is 2.48. The number of ether oxygens (including phenoxy) is 2. The fraction of sp³-hybridized carbons (Fsp3) is 0.133. The first-order chi connectivity index (χ1) is 10.0. The number of carbonyl (C=O) groups is 1. The van der Waals surface area contributed by atoms with Gasteiger partial charge in [-0.15, -0.1) is 0 Å². The second-order valence-corrected chi connectivity index (χ2v) is 5.14. The maximum Gasteiger partial charge on any atom is 0.342 e. The zero-order chi connectivity index (χ0) is 15.4. The zero-order valence-corrected chi connectivity index (χ0v) is 12.8. The quantitative estimate of drug-likeness (QED) is 0.674. The van der Waals surface area contributed by atoms with Crippen LogP contribution in [0.4, 0.5) is 10.1 Å².